The molecule has 2 rings (SSSR count). The highest BCUT2D eigenvalue weighted by atomic mass is 16.7. The number of rotatable bonds is 4. The van der Waals surface area contributed by atoms with Crippen LogP contribution < -0.4 is 0 Å². The van der Waals surface area contributed by atoms with Crippen LogP contribution in [0.4, 0.5) is 0 Å². The fourth-order valence-electron chi connectivity index (χ4n) is 2.36. The van der Waals surface area contributed by atoms with Crippen LogP contribution in [0.3, 0.4) is 0 Å². The fraction of sp³-hybridized carbons (Fsp3) is 0.600. The molecule has 1 aromatic rings. The van der Waals surface area contributed by atoms with Gasteiger partial charge in [0.2, 0.25) is 0 Å². The molecule has 0 unspecified atom stereocenters. The highest BCUT2D eigenvalue weighted by Crippen LogP contribution is 2.26. The van der Waals surface area contributed by atoms with Gasteiger partial charge < -0.3 is 14.2 Å². The maximum Gasteiger partial charge on any atom is 0.163 e. The summed E-state index contributed by atoms with van der Waals surface area (Å²) in [4.78, 5) is 0. The lowest BCUT2D eigenvalue weighted by molar-refractivity contribution is -0.302. The Balaban J connectivity index is 1.76. The molecule has 3 nitrogen and oxygen atoms in total. The van der Waals surface area contributed by atoms with Gasteiger partial charge in [0, 0.05) is 6.42 Å². The Labute approximate surface area is 109 Å². The summed E-state index contributed by atoms with van der Waals surface area (Å²) >= 11 is 0. The van der Waals surface area contributed by atoms with E-state index in [2.05, 4.69) is 19.1 Å². The monoisotopic (exact) mass is 250 g/mol. The molecule has 100 valence electrons. The number of benzene rings is 1. The lowest BCUT2D eigenvalue weighted by atomic mass is 10.1. The third-order valence-corrected chi connectivity index (χ3v) is 2.95. The number of hydrogen-bond donors (Lipinski definition) is 0. The standard InChI is InChI=1S/C15H22O3/c1-12-9-14(18-15(2,3)17-12)11-16-10-13-7-5-4-6-8-13/h4-8,12,14H,9-11H2,1-3H3/t12-,14-/m0/s1. The molecule has 18 heavy (non-hydrogen) atoms. The summed E-state index contributed by atoms with van der Waals surface area (Å²) in [5, 5.41) is 0. The van der Waals surface area contributed by atoms with Crippen molar-refractivity contribution >= 4 is 0 Å². The van der Waals surface area contributed by atoms with Crippen LogP contribution in [0.15, 0.2) is 30.3 Å². The molecule has 0 radical (unpaired) electrons. The molecule has 1 fully saturated rings. The molecule has 1 aliphatic heterocycles. The van der Waals surface area contributed by atoms with Gasteiger partial charge in [-0.05, 0) is 26.3 Å². The first-order valence-electron chi connectivity index (χ1n) is 6.52. The second-order valence-electron chi connectivity index (χ2n) is 5.30. The molecule has 3 heteroatoms. The van der Waals surface area contributed by atoms with Crippen LogP contribution in [0.1, 0.15) is 32.8 Å². The SMILES string of the molecule is C[C@H]1C[C@@H](COCc2ccccc2)OC(C)(C)O1. The molecule has 0 saturated carbocycles. The molecule has 0 amide bonds. The van der Waals surface area contributed by atoms with E-state index in [4.69, 9.17) is 14.2 Å². The maximum atomic E-state index is 5.83. The zero-order valence-electron chi connectivity index (χ0n) is 11.4. The maximum absolute atomic E-state index is 5.83. The Morgan fingerprint density at radius 3 is 2.61 bits per heavy atom. The van der Waals surface area contributed by atoms with Gasteiger partial charge in [-0.3, -0.25) is 0 Å². The summed E-state index contributed by atoms with van der Waals surface area (Å²) in [6.45, 7) is 7.23. The third-order valence-electron chi connectivity index (χ3n) is 2.95. The zero-order chi connectivity index (χ0) is 13.0. The topological polar surface area (TPSA) is 27.7 Å². The summed E-state index contributed by atoms with van der Waals surface area (Å²) < 4.78 is 17.2. The van der Waals surface area contributed by atoms with E-state index in [-0.39, 0.29) is 12.2 Å². The second kappa shape index (κ2) is 5.83. The van der Waals surface area contributed by atoms with E-state index >= 15 is 0 Å². The molecule has 1 saturated heterocycles. The molecule has 1 aromatic carbocycles. The van der Waals surface area contributed by atoms with E-state index in [1.165, 1.54) is 5.56 Å². The third kappa shape index (κ3) is 4.09. The van der Waals surface area contributed by atoms with Crippen molar-refractivity contribution in [3.05, 3.63) is 35.9 Å². The van der Waals surface area contributed by atoms with Crippen molar-refractivity contribution in [1.29, 1.82) is 0 Å². The molecular weight excluding hydrogens is 228 g/mol. The van der Waals surface area contributed by atoms with Gasteiger partial charge in [-0.25, -0.2) is 0 Å². The predicted molar refractivity (Wildman–Crippen MR) is 70.2 cm³/mol. The van der Waals surface area contributed by atoms with E-state index < -0.39 is 5.79 Å². The van der Waals surface area contributed by atoms with Crippen LogP contribution >= 0.6 is 0 Å². The van der Waals surface area contributed by atoms with Crippen LogP contribution in [-0.4, -0.2) is 24.6 Å². The van der Waals surface area contributed by atoms with Crippen molar-refractivity contribution in [3.8, 4) is 0 Å². The molecule has 0 aliphatic carbocycles. The van der Waals surface area contributed by atoms with Crippen molar-refractivity contribution in [2.75, 3.05) is 6.61 Å². The van der Waals surface area contributed by atoms with Crippen molar-refractivity contribution in [2.45, 2.75) is 51.8 Å². The number of ether oxygens (including phenoxy) is 3. The Bertz CT molecular complexity index is 361. The van der Waals surface area contributed by atoms with Gasteiger partial charge in [-0.1, -0.05) is 30.3 Å². The van der Waals surface area contributed by atoms with E-state index in [9.17, 15) is 0 Å². The first kappa shape index (κ1) is 13.5. The lowest BCUT2D eigenvalue weighted by Gasteiger charge is -2.39. The highest BCUT2D eigenvalue weighted by Gasteiger charge is 2.33. The van der Waals surface area contributed by atoms with E-state index in [1.54, 1.807) is 0 Å². The minimum absolute atomic E-state index is 0.118. The Kier molecular flexibility index (Phi) is 4.38. The van der Waals surface area contributed by atoms with Crippen molar-refractivity contribution in [3.63, 3.8) is 0 Å². The normalized spacial score (nSPS) is 27.1. The summed E-state index contributed by atoms with van der Waals surface area (Å²) in [5.41, 5.74) is 1.19. The van der Waals surface area contributed by atoms with Gasteiger partial charge in [-0.2, -0.15) is 0 Å². The molecular formula is C15H22O3. The van der Waals surface area contributed by atoms with E-state index in [0.717, 1.165) is 6.42 Å². The summed E-state index contributed by atoms with van der Waals surface area (Å²) in [5.74, 6) is -0.502. The first-order valence-corrected chi connectivity index (χ1v) is 6.52. The average molecular weight is 250 g/mol. The predicted octanol–water partition coefficient (Wildman–Crippen LogP) is 3.13. The van der Waals surface area contributed by atoms with Gasteiger partial charge in [0.15, 0.2) is 5.79 Å². The van der Waals surface area contributed by atoms with Crippen LogP contribution in [0.5, 0.6) is 0 Å². The van der Waals surface area contributed by atoms with Crippen LogP contribution in [0, 0.1) is 0 Å². The summed E-state index contributed by atoms with van der Waals surface area (Å²) in [6.07, 6.45) is 1.23. The Morgan fingerprint density at radius 2 is 1.94 bits per heavy atom. The summed E-state index contributed by atoms with van der Waals surface area (Å²) in [6, 6.07) is 10.2. The zero-order valence-corrected chi connectivity index (χ0v) is 11.4. The lowest BCUT2D eigenvalue weighted by Crippen LogP contribution is -2.45. The molecule has 0 spiro atoms. The van der Waals surface area contributed by atoms with Crippen LogP contribution in [0.25, 0.3) is 0 Å². The van der Waals surface area contributed by atoms with Gasteiger partial charge in [0.25, 0.3) is 0 Å². The number of hydrogen-bond acceptors (Lipinski definition) is 3. The van der Waals surface area contributed by atoms with Crippen LogP contribution in [0.2, 0.25) is 0 Å². The van der Waals surface area contributed by atoms with Gasteiger partial charge in [0.05, 0.1) is 25.4 Å². The summed E-state index contributed by atoms with van der Waals surface area (Å²) in [7, 11) is 0. The molecule has 0 aromatic heterocycles. The second-order valence-corrected chi connectivity index (χ2v) is 5.30. The Hall–Kier alpha value is -0.900. The van der Waals surface area contributed by atoms with E-state index in [0.29, 0.717) is 13.2 Å². The van der Waals surface area contributed by atoms with Crippen molar-refractivity contribution in [2.24, 2.45) is 0 Å². The van der Waals surface area contributed by atoms with Crippen molar-refractivity contribution in [1.82, 2.24) is 0 Å². The molecule has 0 bridgehead atoms. The molecule has 1 aliphatic rings. The van der Waals surface area contributed by atoms with Gasteiger partial charge in [0.1, 0.15) is 0 Å². The first-order chi connectivity index (χ1) is 8.55. The fourth-order valence-corrected chi connectivity index (χ4v) is 2.36. The minimum Gasteiger partial charge on any atom is -0.374 e. The minimum atomic E-state index is -0.502. The van der Waals surface area contributed by atoms with E-state index in [1.807, 2.05) is 32.0 Å². The average Bonchev–Trinajstić information content (AvgIpc) is 2.27. The molecule has 2 atom stereocenters. The quantitative estimate of drug-likeness (QED) is 0.821. The Morgan fingerprint density at radius 1 is 1.22 bits per heavy atom. The molecule has 0 N–H and O–H groups in total. The highest BCUT2D eigenvalue weighted by molar-refractivity contribution is 5.13. The van der Waals surface area contributed by atoms with Gasteiger partial charge in [-0.15, -0.1) is 0 Å². The van der Waals surface area contributed by atoms with Crippen molar-refractivity contribution < 1.29 is 14.2 Å². The smallest absolute Gasteiger partial charge is 0.163 e. The molecule has 1 heterocycles. The van der Waals surface area contributed by atoms with Gasteiger partial charge >= 0.3 is 0 Å². The largest absolute Gasteiger partial charge is 0.374 e. The van der Waals surface area contributed by atoms with Crippen LogP contribution in [-0.2, 0) is 20.8 Å².